The third-order valence-electron chi connectivity index (χ3n) is 5.38. The van der Waals surface area contributed by atoms with E-state index < -0.39 is 0 Å². The number of benzene rings is 2. The van der Waals surface area contributed by atoms with E-state index in [-0.39, 0.29) is 17.8 Å². The second-order valence-electron chi connectivity index (χ2n) is 7.10. The predicted molar refractivity (Wildman–Crippen MR) is 112 cm³/mol. The molecule has 3 aromatic rings. The van der Waals surface area contributed by atoms with Crippen LogP contribution in [0.2, 0.25) is 0 Å². The van der Waals surface area contributed by atoms with Gasteiger partial charge < -0.3 is 15.0 Å². The summed E-state index contributed by atoms with van der Waals surface area (Å²) >= 11 is 1.36. The maximum atomic E-state index is 14.1. The van der Waals surface area contributed by atoms with Crippen LogP contribution in [0.5, 0.6) is 5.75 Å². The van der Waals surface area contributed by atoms with Crippen LogP contribution >= 0.6 is 11.3 Å². The maximum absolute atomic E-state index is 14.1. The fourth-order valence-corrected chi connectivity index (χ4v) is 4.92. The van der Waals surface area contributed by atoms with Crippen molar-refractivity contribution in [2.45, 2.75) is 25.8 Å². The molecule has 6 heteroatoms. The van der Waals surface area contributed by atoms with Gasteiger partial charge in [-0.3, -0.25) is 4.79 Å². The molecule has 0 atom stereocenters. The molecule has 0 bridgehead atoms. The number of amides is 1. The van der Waals surface area contributed by atoms with Crippen molar-refractivity contribution in [3.8, 4) is 5.75 Å². The quantitative estimate of drug-likeness (QED) is 0.689. The SMILES string of the molecule is COc1ccc(N2CCC(NC(=O)c3sc4cccc(F)c4c3C)CC2)cc1. The highest BCUT2D eigenvalue weighted by Gasteiger charge is 2.24. The molecule has 0 spiro atoms. The van der Waals surface area contributed by atoms with Crippen molar-refractivity contribution >= 4 is 33.0 Å². The van der Waals surface area contributed by atoms with Crippen molar-refractivity contribution < 1.29 is 13.9 Å². The number of carbonyl (C=O) groups excluding carboxylic acids is 1. The fourth-order valence-electron chi connectivity index (χ4n) is 3.80. The van der Waals surface area contributed by atoms with Crippen LogP contribution in [0, 0.1) is 12.7 Å². The number of hydrogen-bond acceptors (Lipinski definition) is 4. The first kappa shape index (κ1) is 18.7. The molecule has 1 saturated heterocycles. The Hall–Kier alpha value is -2.60. The number of carbonyl (C=O) groups is 1. The minimum absolute atomic E-state index is 0.0963. The van der Waals surface area contributed by atoms with Crippen LogP contribution < -0.4 is 15.0 Å². The number of ether oxygens (including phenoxy) is 1. The average molecular weight is 399 g/mol. The first-order valence-electron chi connectivity index (χ1n) is 9.44. The Labute approximate surface area is 167 Å². The molecule has 0 saturated carbocycles. The number of fused-ring (bicyclic) bond motifs is 1. The van der Waals surface area contributed by atoms with E-state index in [0.717, 1.165) is 41.9 Å². The number of nitrogens with zero attached hydrogens (tertiary/aromatic N) is 1. The Morgan fingerprint density at radius 1 is 1.18 bits per heavy atom. The highest BCUT2D eigenvalue weighted by molar-refractivity contribution is 7.21. The summed E-state index contributed by atoms with van der Waals surface area (Å²) in [4.78, 5) is 15.7. The van der Waals surface area contributed by atoms with Crippen molar-refractivity contribution in [3.63, 3.8) is 0 Å². The molecule has 0 radical (unpaired) electrons. The van der Waals surface area contributed by atoms with Gasteiger partial charge in [-0.25, -0.2) is 4.39 Å². The van der Waals surface area contributed by atoms with Gasteiger partial charge in [0.2, 0.25) is 0 Å². The zero-order valence-electron chi connectivity index (χ0n) is 16.0. The molecule has 2 heterocycles. The van der Waals surface area contributed by atoms with E-state index in [1.54, 1.807) is 13.2 Å². The summed E-state index contributed by atoms with van der Waals surface area (Å²) in [5.74, 6) is 0.486. The standard InChI is InChI=1S/C22H23FN2O2S/c1-14-20-18(23)4-3-5-19(20)28-21(14)22(26)24-15-10-12-25(13-11-15)16-6-8-17(27-2)9-7-16/h3-9,15H,10-13H2,1-2H3,(H,24,26). The van der Waals surface area contributed by atoms with Crippen molar-refractivity contribution in [2.24, 2.45) is 0 Å². The predicted octanol–water partition coefficient (Wildman–Crippen LogP) is 4.76. The van der Waals surface area contributed by atoms with E-state index in [0.29, 0.717) is 10.3 Å². The molecule has 1 fully saturated rings. The van der Waals surface area contributed by atoms with E-state index >= 15 is 0 Å². The van der Waals surface area contributed by atoms with Crippen LogP contribution in [0.25, 0.3) is 10.1 Å². The Morgan fingerprint density at radius 2 is 1.89 bits per heavy atom. The molecule has 1 N–H and O–H groups in total. The van der Waals surface area contributed by atoms with Crippen molar-refractivity contribution in [2.75, 3.05) is 25.1 Å². The smallest absolute Gasteiger partial charge is 0.261 e. The molecular weight excluding hydrogens is 375 g/mol. The molecule has 2 aromatic carbocycles. The van der Waals surface area contributed by atoms with E-state index in [9.17, 15) is 9.18 Å². The van der Waals surface area contributed by atoms with Crippen molar-refractivity contribution in [1.29, 1.82) is 0 Å². The number of aryl methyl sites for hydroxylation is 1. The molecule has 1 aliphatic rings. The lowest BCUT2D eigenvalue weighted by Gasteiger charge is -2.34. The summed E-state index contributed by atoms with van der Waals surface area (Å²) in [7, 11) is 1.66. The lowest BCUT2D eigenvalue weighted by Crippen LogP contribution is -2.44. The number of anilines is 1. The summed E-state index contributed by atoms with van der Waals surface area (Å²) in [5, 5.41) is 3.71. The lowest BCUT2D eigenvalue weighted by atomic mass is 10.0. The zero-order chi connectivity index (χ0) is 19.7. The Balaban J connectivity index is 1.40. The summed E-state index contributed by atoms with van der Waals surface area (Å²) in [6.45, 7) is 3.59. The van der Waals surface area contributed by atoms with Gasteiger partial charge in [-0.15, -0.1) is 11.3 Å². The highest BCUT2D eigenvalue weighted by Crippen LogP contribution is 2.32. The van der Waals surface area contributed by atoms with Gasteiger partial charge in [0.15, 0.2) is 0 Å². The molecule has 0 aliphatic carbocycles. The van der Waals surface area contributed by atoms with Gasteiger partial charge >= 0.3 is 0 Å². The number of piperidine rings is 1. The Bertz CT molecular complexity index is 992. The summed E-state index contributed by atoms with van der Waals surface area (Å²) in [6.07, 6.45) is 1.77. The largest absolute Gasteiger partial charge is 0.497 e. The number of nitrogens with one attached hydrogen (secondary N) is 1. The number of methoxy groups -OCH3 is 1. The normalized spacial score (nSPS) is 15.0. The van der Waals surface area contributed by atoms with Gasteiger partial charge in [-0.2, -0.15) is 0 Å². The van der Waals surface area contributed by atoms with Crippen LogP contribution in [0.4, 0.5) is 10.1 Å². The molecule has 1 aromatic heterocycles. The Morgan fingerprint density at radius 3 is 2.54 bits per heavy atom. The fraction of sp³-hybridized carbons (Fsp3) is 0.318. The summed E-state index contributed by atoms with van der Waals surface area (Å²) in [5.41, 5.74) is 1.90. The van der Waals surface area contributed by atoms with Gasteiger partial charge in [0, 0.05) is 34.9 Å². The molecule has 4 nitrogen and oxygen atoms in total. The molecule has 28 heavy (non-hydrogen) atoms. The topological polar surface area (TPSA) is 41.6 Å². The monoisotopic (exact) mass is 398 g/mol. The molecule has 1 amide bonds. The van der Waals surface area contributed by atoms with Crippen LogP contribution in [0.15, 0.2) is 42.5 Å². The molecule has 0 unspecified atom stereocenters. The third-order valence-corrected chi connectivity index (χ3v) is 6.63. The highest BCUT2D eigenvalue weighted by atomic mass is 32.1. The van der Waals surface area contributed by atoms with Crippen LogP contribution in [-0.4, -0.2) is 32.1 Å². The number of rotatable bonds is 4. The van der Waals surface area contributed by atoms with Crippen molar-refractivity contribution in [3.05, 3.63) is 58.7 Å². The van der Waals surface area contributed by atoms with E-state index in [1.807, 2.05) is 25.1 Å². The second kappa shape index (κ2) is 7.80. The first-order valence-corrected chi connectivity index (χ1v) is 10.3. The summed E-state index contributed by atoms with van der Waals surface area (Å²) < 4.78 is 20.1. The van der Waals surface area contributed by atoms with Gasteiger partial charge in [-0.1, -0.05) is 6.07 Å². The zero-order valence-corrected chi connectivity index (χ0v) is 16.8. The van der Waals surface area contributed by atoms with Gasteiger partial charge in [-0.05, 0) is 61.7 Å². The van der Waals surface area contributed by atoms with Gasteiger partial charge in [0.1, 0.15) is 11.6 Å². The average Bonchev–Trinajstić information content (AvgIpc) is 3.07. The van der Waals surface area contributed by atoms with Gasteiger partial charge in [0.05, 0.1) is 12.0 Å². The minimum Gasteiger partial charge on any atom is -0.497 e. The maximum Gasteiger partial charge on any atom is 0.261 e. The molecule has 4 rings (SSSR count). The lowest BCUT2D eigenvalue weighted by molar-refractivity contribution is 0.0935. The van der Waals surface area contributed by atoms with E-state index in [4.69, 9.17) is 4.74 Å². The van der Waals surface area contributed by atoms with Gasteiger partial charge in [0.25, 0.3) is 5.91 Å². The molecule has 1 aliphatic heterocycles. The second-order valence-corrected chi connectivity index (χ2v) is 8.15. The number of thiophene rings is 1. The molecular formula is C22H23FN2O2S. The minimum atomic E-state index is -0.266. The van der Waals surface area contributed by atoms with Crippen LogP contribution in [0.3, 0.4) is 0 Å². The first-order chi connectivity index (χ1) is 13.6. The van der Waals surface area contributed by atoms with E-state index in [1.165, 1.54) is 23.1 Å². The van der Waals surface area contributed by atoms with Crippen molar-refractivity contribution in [1.82, 2.24) is 5.32 Å². The van der Waals surface area contributed by atoms with E-state index in [2.05, 4.69) is 22.3 Å². The van der Waals surface area contributed by atoms with Crippen LogP contribution in [0.1, 0.15) is 28.1 Å². The summed E-state index contributed by atoms with van der Waals surface area (Å²) in [6, 6.07) is 13.2. The molecule has 146 valence electrons. The van der Waals surface area contributed by atoms with Crippen LogP contribution in [-0.2, 0) is 0 Å². The third kappa shape index (κ3) is 3.56. The Kier molecular flexibility index (Phi) is 5.22. The number of hydrogen-bond donors (Lipinski definition) is 1. The number of halogens is 1.